The standard InChI is InChI=1S/C16H20N2O3/c1-16(2,3)14-17-13(20-4)11-12(21-15(19)18(11)14)10-8-6-5-7-9-10/h5-9,11-12,14H,1-4H3/t11-,12-,14-/m1/s1. The second-order valence-corrected chi connectivity index (χ2v) is 6.48. The van der Waals surface area contributed by atoms with Crippen LogP contribution in [0.1, 0.15) is 32.4 Å². The van der Waals surface area contributed by atoms with E-state index in [0.717, 1.165) is 5.56 Å². The Bertz CT molecular complexity index is 577. The van der Waals surface area contributed by atoms with E-state index in [1.807, 2.05) is 30.3 Å². The van der Waals surface area contributed by atoms with Crippen LogP contribution in [0, 0.1) is 5.41 Å². The van der Waals surface area contributed by atoms with Gasteiger partial charge in [0.2, 0.25) is 5.90 Å². The van der Waals surface area contributed by atoms with Gasteiger partial charge in [0.25, 0.3) is 0 Å². The summed E-state index contributed by atoms with van der Waals surface area (Å²) >= 11 is 0. The van der Waals surface area contributed by atoms with Gasteiger partial charge in [0, 0.05) is 5.41 Å². The quantitative estimate of drug-likeness (QED) is 0.798. The molecule has 2 aliphatic heterocycles. The molecule has 0 N–H and O–H groups in total. The van der Waals surface area contributed by atoms with Gasteiger partial charge in [-0.25, -0.2) is 9.79 Å². The van der Waals surface area contributed by atoms with Gasteiger partial charge in [-0.05, 0) is 5.56 Å². The third-order valence-electron chi connectivity index (χ3n) is 3.90. The monoisotopic (exact) mass is 288 g/mol. The number of fused-ring (bicyclic) bond motifs is 1. The number of carbonyl (C=O) groups excluding carboxylic acids is 1. The molecule has 1 aromatic carbocycles. The van der Waals surface area contributed by atoms with Crippen molar-refractivity contribution in [1.29, 1.82) is 0 Å². The number of hydrogen-bond acceptors (Lipinski definition) is 4. The number of hydrogen-bond donors (Lipinski definition) is 0. The smallest absolute Gasteiger partial charge is 0.413 e. The predicted octanol–water partition coefficient (Wildman–Crippen LogP) is 2.98. The molecule has 3 rings (SSSR count). The highest BCUT2D eigenvalue weighted by Gasteiger charge is 2.55. The first-order valence-corrected chi connectivity index (χ1v) is 7.09. The highest BCUT2D eigenvalue weighted by Crippen LogP contribution is 2.42. The van der Waals surface area contributed by atoms with Crippen LogP contribution in [0.5, 0.6) is 0 Å². The third-order valence-corrected chi connectivity index (χ3v) is 3.90. The van der Waals surface area contributed by atoms with Gasteiger partial charge in [-0.15, -0.1) is 0 Å². The van der Waals surface area contributed by atoms with Crippen LogP contribution >= 0.6 is 0 Å². The van der Waals surface area contributed by atoms with E-state index >= 15 is 0 Å². The minimum Gasteiger partial charge on any atom is -0.483 e. The summed E-state index contributed by atoms with van der Waals surface area (Å²) in [6.07, 6.45) is -0.965. The van der Waals surface area contributed by atoms with Crippen molar-refractivity contribution >= 4 is 12.0 Å². The van der Waals surface area contributed by atoms with Crippen molar-refractivity contribution in [3.63, 3.8) is 0 Å². The maximum Gasteiger partial charge on any atom is 0.413 e. The van der Waals surface area contributed by atoms with Crippen molar-refractivity contribution < 1.29 is 14.3 Å². The number of rotatable bonds is 1. The molecule has 2 aliphatic rings. The van der Waals surface area contributed by atoms with Crippen molar-refractivity contribution in [2.75, 3.05) is 7.11 Å². The Kier molecular flexibility index (Phi) is 3.15. The van der Waals surface area contributed by atoms with Gasteiger partial charge in [-0.1, -0.05) is 51.1 Å². The normalized spacial score (nSPS) is 28.2. The molecule has 0 aromatic heterocycles. The van der Waals surface area contributed by atoms with Crippen LogP contribution in [0.2, 0.25) is 0 Å². The molecule has 1 saturated heterocycles. The number of cyclic esters (lactones) is 1. The fourth-order valence-corrected chi connectivity index (χ4v) is 2.93. The molecule has 112 valence electrons. The fraction of sp³-hybridized carbons (Fsp3) is 0.500. The lowest BCUT2D eigenvalue weighted by Crippen LogP contribution is -2.45. The van der Waals surface area contributed by atoms with Crippen LogP contribution in [0.15, 0.2) is 35.3 Å². The molecule has 0 unspecified atom stereocenters. The van der Waals surface area contributed by atoms with Crippen LogP contribution in [0.3, 0.4) is 0 Å². The number of amides is 1. The summed E-state index contributed by atoms with van der Waals surface area (Å²) < 4.78 is 11.0. The van der Waals surface area contributed by atoms with E-state index in [4.69, 9.17) is 9.47 Å². The van der Waals surface area contributed by atoms with Gasteiger partial charge >= 0.3 is 6.09 Å². The highest BCUT2D eigenvalue weighted by molar-refractivity contribution is 5.91. The van der Waals surface area contributed by atoms with Gasteiger partial charge in [-0.3, -0.25) is 4.90 Å². The number of carbonyl (C=O) groups is 1. The van der Waals surface area contributed by atoms with Gasteiger partial charge in [0.05, 0.1) is 7.11 Å². The van der Waals surface area contributed by atoms with E-state index < -0.39 is 0 Å². The number of aliphatic imine (C=N–C) groups is 1. The minimum atomic E-state index is -0.371. The average Bonchev–Trinajstić information content (AvgIpc) is 2.98. The molecule has 0 saturated carbocycles. The second kappa shape index (κ2) is 4.76. The van der Waals surface area contributed by atoms with Crippen LogP contribution in [0.25, 0.3) is 0 Å². The number of nitrogens with zero attached hydrogens (tertiary/aromatic N) is 2. The summed E-state index contributed by atoms with van der Waals surface area (Å²) in [5.41, 5.74) is 0.779. The van der Waals surface area contributed by atoms with Gasteiger partial charge in [0.15, 0.2) is 12.1 Å². The predicted molar refractivity (Wildman–Crippen MR) is 79.0 cm³/mol. The molecule has 1 aromatic rings. The molecule has 0 bridgehead atoms. The van der Waals surface area contributed by atoms with E-state index in [-0.39, 0.29) is 29.8 Å². The molecular formula is C16H20N2O3. The first-order chi connectivity index (χ1) is 9.93. The third kappa shape index (κ3) is 2.17. The van der Waals surface area contributed by atoms with Crippen molar-refractivity contribution in [3.8, 4) is 0 Å². The fourth-order valence-electron chi connectivity index (χ4n) is 2.93. The maximum absolute atomic E-state index is 12.3. The Morgan fingerprint density at radius 1 is 1.24 bits per heavy atom. The number of methoxy groups -OCH3 is 1. The number of ether oxygens (including phenoxy) is 2. The van der Waals surface area contributed by atoms with Crippen molar-refractivity contribution in [1.82, 2.24) is 4.90 Å². The molecule has 1 amide bonds. The molecule has 2 heterocycles. The molecule has 0 radical (unpaired) electrons. The van der Waals surface area contributed by atoms with Crippen LogP contribution < -0.4 is 0 Å². The van der Waals surface area contributed by atoms with E-state index in [0.29, 0.717) is 5.90 Å². The summed E-state index contributed by atoms with van der Waals surface area (Å²) in [6.45, 7) is 6.17. The lowest BCUT2D eigenvalue weighted by atomic mass is 9.91. The summed E-state index contributed by atoms with van der Waals surface area (Å²) in [5, 5.41) is 0. The van der Waals surface area contributed by atoms with Gasteiger partial charge in [0.1, 0.15) is 6.17 Å². The molecule has 3 atom stereocenters. The van der Waals surface area contributed by atoms with E-state index in [9.17, 15) is 4.79 Å². The summed E-state index contributed by atoms with van der Waals surface area (Å²) in [5.74, 6) is 0.564. The molecule has 5 nitrogen and oxygen atoms in total. The Balaban J connectivity index is 2.00. The zero-order chi connectivity index (χ0) is 15.2. The van der Waals surface area contributed by atoms with Crippen LogP contribution in [-0.2, 0) is 9.47 Å². The maximum atomic E-state index is 12.3. The van der Waals surface area contributed by atoms with Crippen LogP contribution in [0.4, 0.5) is 4.79 Å². The highest BCUT2D eigenvalue weighted by atomic mass is 16.6. The first-order valence-electron chi connectivity index (χ1n) is 7.09. The summed E-state index contributed by atoms with van der Waals surface area (Å²) in [6, 6.07) is 9.44. The second-order valence-electron chi connectivity index (χ2n) is 6.48. The van der Waals surface area contributed by atoms with E-state index in [1.165, 1.54) is 0 Å². The Labute approximate surface area is 124 Å². The zero-order valence-corrected chi connectivity index (χ0v) is 12.7. The Hall–Kier alpha value is -2.04. The molecular weight excluding hydrogens is 268 g/mol. The Morgan fingerprint density at radius 3 is 2.48 bits per heavy atom. The van der Waals surface area contributed by atoms with E-state index in [1.54, 1.807) is 12.0 Å². The van der Waals surface area contributed by atoms with Gasteiger partial charge in [-0.2, -0.15) is 0 Å². The molecule has 1 fully saturated rings. The van der Waals surface area contributed by atoms with Crippen molar-refractivity contribution in [3.05, 3.63) is 35.9 Å². The first kappa shape index (κ1) is 13.9. The Morgan fingerprint density at radius 2 is 1.90 bits per heavy atom. The zero-order valence-electron chi connectivity index (χ0n) is 12.7. The topological polar surface area (TPSA) is 51.1 Å². The van der Waals surface area contributed by atoms with Gasteiger partial charge < -0.3 is 9.47 Å². The summed E-state index contributed by atoms with van der Waals surface area (Å²) in [4.78, 5) is 18.6. The SMILES string of the molecule is COC1=N[C@@H](C(C)(C)C)N2C(=O)O[C@H](c3ccccc3)[C@H]12. The molecule has 21 heavy (non-hydrogen) atoms. The lowest BCUT2D eigenvalue weighted by molar-refractivity contribution is 0.112. The van der Waals surface area contributed by atoms with Crippen molar-refractivity contribution in [2.24, 2.45) is 10.4 Å². The molecule has 5 heteroatoms. The van der Waals surface area contributed by atoms with E-state index in [2.05, 4.69) is 25.8 Å². The number of benzene rings is 1. The van der Waals surface area contributed by atoms with Crippen LogP contribution in [-0.4, -0.2) is 36.2 Å². The molecule has 0 spiro atoms. The molecule has 0 aliphatic carbocycles. The average molecular weight is 288 g/mol. The lowest BCUT2D eigenvalue weighted by Gasteiger charge is -2.30. The summed E-state index contributed by atoms with van der Waals surface area (Å²) in [7, 11) is 1.59. The largest absolute Gasteiger partial charge is 0.483 e. The van der Waals surface area contributed by atoms with Crippen molar-refractivity contribution in [2.45, 2.75) is 39.1 Å². The minimum absolute atomic E-state index is 0.177.